The van der Waals surface area contributed by atoms with Crippen LogP contribution in [0.3, 0.4) is 0 Å². The number of aryl methyl sites for hydroxylation is 1. The van der Waals surface area contributed by atoms with Gasteiger partial charge in [0.1, 0.15) is 0 Å². The second-order valence-electron chi connectivity index (χ2n) is 5.69. The Labute approximate surface area is 110 Å². The third-order valence-corrected chi connectivity index (χ3v) is 4.31. The minimum Gasteiger partial charge on any atom is -0.396 e. The van der Waals surface area contributed by atoms with Crippen LogP contribution >= 0.6 is 0 Å². The van der Waals surface area contributed by atoms with E-state index in [1.165, 1.54) is 19.3 Å². The van der Waals surface area contributed by atoms with Crippen LogP contribution in [0.1, 0.15) is 24.8 Å². The van der Waals surface area contributed by atoms with Crippen LogP contribution in [0.5, 0.6) is 0 Å². The first-order chi connectivity index (χ1) is 8.46. The molecule has 0 atom stereocenters. The molecule has 4 nitrogen and oxygen atoms in total. The maximum atomic E-state index is 6.12. The lowest BCUT2D eigenvalue weighted by Crippen LogP contribution is -2.57. The Morgan fingerprint density at radius 1 is 1.33 bits per heavy atom. The number of pyridine rings is 1. The number of nitrogen functional groups attached to an aromatic ring is 1. The number of anilines is 2. The van der Waals surface area contributed by atoms with Gasteiger partial charge < -0.3 is 15.5 Å². The third-order valence-electron chi connectivity index (χ3n) is 4.31. The maximum absolute atomic E-state index is 6.12. The zero-order valence-electron chi connectivity index (χ0n) is 11.9. The summed E-state index contributed by atoms with van der Waals surface area (Å²) in [5.74, 6) is 0.906. The molecule has 2 rings (SSSR count). The molecule has 0 radical (unpaired) electrons. The average molecular weight is 248 g/mol. The van der Waals surface area contributed by atoms with E-state index < -0.39 is 0 Å². The zero-order chi connectivity index (χ0) is 13.3. The molecule has 4 heteroatoms. The Morgan fingerprint density at radius 3 is 2.50 bits per heavy atom. The minimum atomic E-state index is 0.298. The highest BCUT2D eigenvalue weighted by atomic mass is 15.3. The van der Waals surface area contributed by atoms with E-state index in [1.54, 1.807) is 0 Å². The van der Waals surface area contributed by atoms with Crippen LogP contribution in [0.2, 0.25) is 0 Å². The summed E-state index contributed by atoms with van der Waals surface area (Å²) in [6.07, 6.45) is 5.68. The number of nitrogens with two attached hydrogens (primary N) is 1. The topological polar surface area (TPSA) is 45.4 Å². The normalized spacial score (nSPS) is 17.6. The summed E-state index contributed by atoms with van der Waals surface area (Å²) in [5, 5.41) is 0. The van der Waals surface area contributed by atoms with Gasteiger partial charge in [0.05, 0.1) is 5.69 Å². The van der Waals surface area contributed by atoms with Crippen molar-refractivity contribution in [3.63, 3.8) is 0 Å². The van der Waals surface area contributed by atoms with Crippen LogP contribution in [0.25, 0.3) is 0 Å². The molecule has 1 aliphatic rings. The van der Waals surface area contributed by atoms with Gasteiger partial charge in [-0.05, 0) is 51.9 Å². The van der Waals surface area contributed by atoms with E-state index in [0.717, 1.165) is 23.6 Å². The van der Waals surface area contributed by atoms with Gasteiger partial charge >= 0.3 is 0 Å². The van der Waals surface area contributed by atoms with Gasteiger partial charge in [-0.25, -0.2) is 4.98 Å². The molecule has 1 saturated carbocycles. The predicted molar refractivity (Wildman–Crippen MR) is 76.9 cm³/mol. The van der Waals surface area contributed by atoms with Crippen molar-refractivity contribution < 1.29 is 0 Å². The molecule has 0 bridgehead atoms. The Hall–Kier alpha value is -1.29. The van der Waals surface area contributed by atoms with Crippen molar-refractivity contribution in [2.75, 3.05) is 38.3 Å². The van der Waals surface area contributed by atoms with Crippen molar-refractivity contribution in [1.29, 1.82) is 0 Å². The van der Waals surface area contributed by atoms with E-state index >= 15 is 0 Å². The summed E-state index contributed by atoms with van der Waals surface area (Å²) in [7, 11) is 6.42. The maximum Gasteiger partial charge on any atom is 0.151 e. The van der Waals surface area contributed by atoms with Crippen LogP contribution < -0.4 is 10.6 Å². The van der Waals surface area contributed by atoms with E-state index in [2.05, 4.69) is 35.9 Å². The quantitative estimate of drug-likeness (QED) is 0.884. The Kier molecular flexibility index (Phi) is 3.48. The molecule has 0 amide bonds. The lowest BCUT2D eigenvalue weighted by molar-refractivity contribution is 0.0682. The summed E-state index contributed by atoms with van der Waals surface area (Å²) >= 11 is 0. The van der Waals surface area contributed by atoms with Crippen LogP contribution in [0, 0.1) is 6.92 Å². The molecular weight excluding hydrogens is 224 g/mol. The standard InChI is InChI=1S/C14H24N4/c1-11-6-9-16-13(12(11)15)18(4)10-14(17(2)3)7-5-8-14/h6,9H,5,7-8,10,15H2,1-4H3. The van der Waals surface area contributed by atoms with Gasteiger partial charge in [-0.15, -0.1) is 0 Å². The van der Waals surface area contributed by atoms with E-state index in [4.69, 9.17) is 5.73 Å². The van der Waals surface area contributed by atoms with Crippen LogP contribution in [0.4, 0.5) is 11.5 Å². The Morgan fingerprint density at radius 2 is 2.00 bits per heavy atom. The fourth-order valence-corrected chi connectivity index (χ4v) is 2.71. The van der Waals surface area contributed by atoms with Gasteiger partial charge in [-0.1, -0.05) is 0 Å². The molecule has 0 aliphatic heterocycles. The fraction of sp³-hybridized carbons (Fsp3) is 0.643. The average Bonchev–Trinajstić information content (AvgIpc) is 2.26. The van der Waals surface area contributed by atoms with Crippen LogP contribution in [-0.4, -0.2) is 43.1 Å². The smallest absolute Gasteiger partial charge is 0.151 e. The first-order valence-corrected chi connectivity index (χ1v) is 6.56. The molecule has 18 heavy (non-hydrogen) atoms. The van der Waals surface area contributed by atoms with Crippen LogP contribution in [0.15, 0.2) is 12.3 Å². The highest BCUT2D eigenvalue weighted by Crippen LogP contribution is 2.37. The van der Waals surface area contributed by atoms with E-state index in [1.807, 2.05) is 19.2 Å². The van der Waals surface area contributed by atoms with Gasteiger partial charge in [-0.3, -0.25) is 0 Å². The first kappa shape index (κ1) is 13.1. The van der Waals surface area contributed by atoms with Crippen molar-refractivity contribution in [2.24, 2.45) is 0 Å². The molecule has 1 fully saturated rings. The number of nitrogens with zero attached hydrogens (tertiary/aromatic N) is 3. The lowest BCUT2D eigenvalue weighted by Gasteiger charge is -2.49. The van der Waals surface area contributed by atoms with Crippen LogP contribution in [-0.2, 0) is 0 Å². The van der Waals surface area contributed by atoms with Crippen molar-refractivity contribution in [1.82, 2.24) is 9.88 Å². The summed E-state index contributed by atoms with van der Waals surface area (Å²) in [6.45, 7) is 3.01. The van der Waals surface area contributed by atoms with Gasteiger partial charge in [0, 0.05) is 25.3 Å². The van der Waals surface area contributed by atoms with Gasteiger partial charge in [0.25, 0.3) is 0 Å². The SMILES string of the molecule is Cc1ccnc(N(C)CC2(N(C)C)CCC2)c1N. The molecule has 0 unspecified atom stereocenters. The summed E-state index contributed by atoms with van der Waals surface area (Å²) in [5.41, 5.74) is 8.31. The first-order valence-electron chi connectivity index (χ1n) is 6.56. The van der Waals surface area contributed by atoms with Gasteiger partial charge in [0.15, 0.2) is 5.82 Å². The summed E-state index contributed by atoms with van der Waals surface area (Å²) in [6, 6.07) is 1.96. The van der Waals surface area contributed by atoms with Crippen molar-refractivity contribution in [3.05, 3.63) is 17.8 Å². The van der Waals surface area contributed by atoms with Crippen molar-refractivity contribution in [3.8, 4) is 0 Å². The number of hydrogen-bond donors (Lipinski definition) is 1. The number of likely N-dealkylation sites (N-methyl/N-ethyl adjacent to an activating group) is 2. The van der Waals surface area contributed by atoms with Crippen molar-refractivity contribution in [2.45, 2.75) is 31.7 Å². The fourth-order valence-electron chi connectivity index (χ4n) is 2.71. The molecule has 100 valence electrons. The highest BCUT2D eigenvalue weighted by Gasteiger charge is 2.40. The molecular formula is C14H24N4. The summed E-state index contributed by atoms with van der Waals surface area (Å²) < 4.78 is 0. The van der Waals surface area contributed by atoms with Gasteiger partial charge in [-0.2, -0.15) is 0 Å². The predicted octanol–water partition coefficient (Wildman–Crippen LogP) is 1.89. The lowest BCUT2D eigenvalue weighted by atomic mass is 9.75. The second-order valence-corrected chi connectivity index (χ2v) is 5.69. The largest absolute Gasteiger partial charge is 0.396 e. The van der Waals surface area contributed by atoms with E-state index in [9.17, 15) is 0 Å². The molecule has 1 aromatic rings. The molecule has 1 aromatic heterocycles. The monoisotopic (exact) mass is 248 g/mol. The number of hydrogen-bond acceptors (Lipinski definition) is 4. The third kappa shape index (κ3) is 2.17. The van der Waals surface area contributed by atoms with Gasteiger partial charge in [0.2, 0.25) is 0 Å². The molecule has 1 heterocycles. The van der Waals surface area contributed by atoms with E-state index in [0.29, 0.717) is 5.54 Å². The zero-order valence-corrected chi connectivity index (χ0v) is 11.9. The minimum absolute atomic E-state index is 0.298. The molecule has 0 spiro atoms. The number of rotatable bonds is 4. The molecule has 1 aliphatic carbocycles. The molecule has 0 aromatic carbocycles. The van der Waals surface area contributed by atoms with Crippen molar-refractivity contribution >= 4 is 11.5 Å². The molecule has 0 saturated heterocycles. The second kappa shape index (κ2) is 4.76. The summed E-state index contributed by atoms with van der Waals surface area (Å²) in [4.78, 5) is 8.97. The Balaban J connectivity index is 2.17. The van der Waals surface area contributed by atoms with E-state index in [-0.39, 0.29) is 0 Å². The highest BCUT2D eigenvalue weighted by molar-refractivity contribution is 5.66. The molecule has 2 N–H and O–H groups in total. The number of aromatic nitrogens is 1. The Bertz CT molecular complexity index is 424.